The van der Waals surface area contributed by atoms with Crippen molar-refractivity contribution in [2.75, 3.05) is 0 Å². The average molecular weight is 200 g/mol. The molecule has 1 aromatic carbocycles. The van der Waals surface area contributed by atoms with E-state index < -0.39 is 0 Å². The third kappa shape index (κ3) is 1.19. The van der Waals surface area contributed by atoms with Gasteiger partial charge in [-0.15, -0.1) is 0 Å². The lowest BCUT2D eigenvalue weighted by Crippen LogP contribution is -2.24. The van der Waals surface area contributed by atoms with Crippen LogP contribution in [0, 0.1) is 5.92 Å². The number of amides is 1. The number of benzene rings is 1. The number of carbonyl (C=O) groups is 1. The van der Waals surface area contributed by atoms with Crippen molar-refractivity contribution in [2.45, 2.75) is 18.9 Å². The molecule has 2 unspecified atom stereocenters. The minimum absolute atomic E-state index is 0.0119. The van der Waals surface area contributed by atoms with Crippen LogP contribution in [0.15, 0.2) is 29.3 Å². The number of carbonyl (C=O) groups excluding carboxylic acids is 1. The fourth-order valence-electron chi connectivity index (χ4n) is 2.56. The van der Waals surface area contributed by atoms with Crippen molar-refractivity contribution in [1.82, 2.24) is 0 Å². The Balaban J connectivity index is 2.12. The first-order valence-electron chi connectivity index (χ1n) is 5.21. The number of nitrogens with zero attached hydrogens (tertiary/aromatic N) is 1. The molecule has 3 nitrogen and oxygen atoms in total. The zero-order valence-corrected chi connectivity index (χ0v) is 8.31. The molecule has 0 aromatic heterocycles. The molecule has 3 heteroatoms. The first-order valence-corrected chi connectivity index (χ1v) is 5.21. The maximum absolute atomic E-state index is 11.1. The van der Waals surface area contributed by atoms with E-state index in [0.29, 0.717) is 0 Å². The van der Waals surface area contributed by atoms with Crippen molar-refractivity contribution in [1.29, 1.82) is 0 Å². The fourth-order valence-corrected chi connectivity index (χ4v) is 2.56. The molecule has 0 bridgehead atoms. The Bertz CT molecular complexity index is 547. The molecule has 1 fully saturated rings. The van der Waals surface area contributed by atoms with Crippen LogP contribution >= 0.6 is 0 Å². The molecule has 2 atom stereocenters. The molecule has 1 saturated carbocycles. The van der Waals surface area contributed by atoms with Gasteiger partial charge in [-0.2, -0.15) is 0 Å². The Labute approximate surface area is 87.3 Å². The quantitative estimate of drug-likeness (QED) is 0.667. The van der Waals surface area contributed by atoms with Crippen molar-refractivity contribution in [3.05, 3.63) is 34.8 Å². The molecule has 0 spiro atoms. The minimum atomic E-state index is -0.190. The number of hydrogen-bond acceptors (Lipinski definition) is 2. The zero-order valence-electron chi connectivity index (χ0n) is 8.31. The van der Waals surface area contributed by atoms with Gasteiger partial charge in [0.25, 0.3) is 0 Å². The Morgan fingerprint density at radius 3 is 3.00 bits per heavy atom. The van der Waals surface area contributed by atoms with E-state index in [-0.39, 0.29) is 17.9 Å². The molecule has 1 heterocycles. The molecule has 0 saturated heterocycles. The molecule has 1 amide bonds. The molecular weight excluding hydrogens is 188 g/mol. The summed E-state index contributed by atoms with van der Waals surface area (Å²) < 4.78 is 0. The average Bonchev–Trinajstić information content (AvgIpc) is 2.73. The van der Waals surface area contributed by atoms with Crippen molar-refractivity contribution < 1.29 is 4.79 Å². The lowest BCUT2D eigenvalue weighted by Gasteiger charge is -2.01. The summed E-state index contributed by atoms with van der Waals surface area (Å²) in [5.74, 6) is -0.202. The standard InChI is InChI=1S/C12H12N2O/c13-12(15)7-5-9-8-3-1-2-4-10(8)14-11(9)6-7/h1-4,7,11H,5-6H2,(H2,13,15). The summed E-state index contributed by atoms with van der Waals surface area (Å²) in [7, 11) is 0. The van der Waals surface area contributed by atoms with Crippen molar-refractivity contribution in [3.63, 3.8) is 0 Å². The number of hydrogen-bond donors (Lipinski definition) is 1. The number of para-hydroxylation sites is 1. The highest BCUT2D eigenvalue weighted by molar-refractivity contribution is 5.80. The van der Waals surface area contributed by atoms with Crippen LogP contribution in [-0.2, 0) is 4.79 Å². The first-order chi connectivity index (χ1) is 7.25. The highest BCUT2D eigenvalue weighted by Gasteiger charge is 2.34. The van der Waals surface area contributed by atoms with Gasteiger partial charge in [-0.3, -0.25) is 9.79 Å². The van der Waals surface area contributed by atoms with Gasteiger partial charge in [-0.25, -0.2) is 0 Å². The molecule has 2 aliphatic rings. The number of nitrogens with two attached hydrogens (primary N) is 1. The number of fused-ring (bicyclic) bond motifs is 2. The normalized spacial score (nSPS) is 27.1. The monoisotopic (exact) mass is 200 g/mol. The smallest absolute Gasteiger partial charge is 0.220 e. The predicted molar refractivity (Wildman–Crippen MR) is 56.3 cm³/mol. The molecular formula is C12H12N2O. The summed E-state index contributed by atoms with van der Waals surface area (Å²) in [6, 6.07) is 8.33. The lowest BCUT2D eigenvalue weighted by molar-refractivity contribution is -0.121. The van der Waals surface area contributed by atoms with Gasteiger partial charge >= 0.3 is 0 Å². The van der Waals surface area contributed by atoms with Gasteiger partial charge in [0.15, 0.2) is 0 Å². The van der Waals surface area contributed by atoms with E-state index in [1.54, 1.807) is 0 Å². The fraction of sp³-hybridized carbons (Fsp3) is 0.333. The van der Waals surface area contributed by atoms with Gasteiger partial charge < -0.3 is 5.73 Å². The second-order valence-electron chi connectivity index (χ2n) is 4.23. The molecule has 1 aliphatic carbocycles. The van der Waals surface area contributed by atoms with Gasteiger partial charge in [0.1, 0.15) is 0 Å². The second-order valence-corrected chi connectivity index (χ2v) is 4.23. The molecule has 76 valence electrons. The van der Waals surface area contributed by atoms with Crippen molar-refractivity contribution in [2.24, 2.45) is 16.6 Å². The SMILES string of the molecule is NC(=O)C1CC2=c3ccccc3=NC2C1. The maximum Gasteiger partial charge on any atom is 0.220 e. The summed E-state index contributed by atoms with van der Waals surface area (Å²) in [5.41, 5.74) is 6.63. The number of primary amides is 1. The van der Waals surface area contributed by atoms with Crippen LogP contribution < -0.4 is 16.3 Å². The zero-order chi connectivity index (χ0) is 10.4. The first kappa shape index (κ1) is 8.65. The van der Waals surface area contributed by atoms with E-state index >= 15 is 0 Å². The largest absolute Gasteiger partial charge is 0.369 e. The summed E-state index contributed by atoms with van der Waals surface area (Å²) in [5, 5.41) is 2.28. The van der Waals surface area contributed by atoms with E-state index in [4.69, 9.17) is 5.73 Å². The van der Waals surface area contributed by atoms with Crippen molar-refractivity contribution in [3.8, 4) is 0 Å². The van der Waals surface area contributed by atoms with E-state index in [2.05, 4.69) is 11.1 Å². The van der Waals surface area contributed by atoms with Crippen LogP contribution in [0.4, 0.5) is 0 Å². The molecule has 2 N–H and O–H groups in total. The third-order valence-electron chi connectivity index (χ3n) is 3.32. The predicted octanol–water partition coefficient (Wildman–Crippen LogP) is -0.266. The Morgan fingerprint density at radius 1 is 1.40 bits per heavy atom. The molecule has 3 rings (SSSR count). The second kappa shape index (κ2) is 2.92. The van der Waals surface area contributed by atoms with E-state index in [1.807, 2.05) is 18.2 Å². The van der Waals surface area contributed by atoms with Crippen LogP contribution in [0.3, 0.4) is 0 Å². The lowest BCUT2D eigenvalue weighted by atomic mass is 10.1. The third-order valence-corrected chi connectivity index (χ3v) is 3.32. The Morgan fingerprint density at radius 2 is 2.20 bits per heavy atom. The van der Waals surface area contributed by atoms with Gasteiger partial charge in [-0.05, 0) is 24.5 Å². The Kier molecular flexibility index (Phi) is 1.69. The molecule has 0 radical (unpaired) electrons. The highest BCUT2D eigenvalue weighted by Crippen LogP contribution is 2.33. The van der Waals surface area contributed by atoms with Gasteiger partial charge in [0.05, 0.1) is 11.4 Å². The van der Waals surface area contributed by atoms with Crippen LogP contribution in [0.2, 0.25) is 0 Å². The van der Waals surface area contributed by atoms with Crippen LogP contribution in [0.25, 0.3) is 5.57 Å². The van der Waals surface area contributed by atoms with E-state index in [1.165, 1.54) is 10.8 Å². The van der Waals surface area contributed by atoms with Crippen LogP contribution in [0.5, 0.6) is 0 Å². The maximum atomic E-state index is 11.1. The van der Waals surface area contributed by atoms with Gasteiger partial charge in [0.2, 0.25) is 5.91 Å². The molecule has 15 heavy (non-hydrogen) atoms. The number of rotatable bonds is 1. The van der Waals surface area contributed by atoms with Crippen molar-refractivity contribution >= 4 is 11.5 Å². The Hall–Kier alpha value is -1.64. The summed E-state index contributed by atoms with van der Waals surface area (Å²) in [4.78, 5) is 15.7. The topological polar surface area (TPSA) is 55.5 Å². The minimum Gasteiger partial charge on any atom is -0.369 e. The van der Waals surface area contributed by atoms with E-state index in [9.17, 15) is 4.79 Å². The summed E-state index contributed by atoms with van der Waals surface area (Å²) in [6.07, 6.45) is 1.58. The summed E-state index contributed by atoms with van der Waals surface area (Å²) >= 11 is 0. The van der Waals surface area contributed by atoms with Gasteiger partial charge in [0, 0.05) is 11.1 Å². The summed E-state index contributed by atoms with van der Waals surface area (Å²) in [6.45, 7) is 0. The van der Waals surface area contributed by atoms with E-state index in [0.717, 1.165) is 18.2 Å². The van der Waals surface area contributed by atoms with Gasteiger partial charge in [-0.1, -0.05) is 18.2 Å². The highest BCUT2D eigenvalue weighted by atomic mass is 16.1. The molecule has 1 aromatic rings. The van der Waals surface area contributed by atoms with Crippen LogP contribution in [-0.4, -0.2) is 11.9 Å². The van der Waals surface area contributed by atoms with Crippen LogP contribution in [0.1, 0.15) is 12.8 Å². The molecule has 1 aliphatic heterocycles.